The van der Waals surface area contributed by atoms with Crippen LogP contribution in [0.4, 0.5) is 4.39 Å². The molecule has 2 rings (SSSR count). The van der Waals surface area contributed by atoms with Gasteiger partial charge in [0.25, 0.3) is 0 Å². The highest BCUT2D eigenvalue weighted by molar-refractivity contribution is 6.30. The maximum absolute atomic E-state index is 13.3. The summed E-state index contributed by atoms with van der Waals surface area (Å²) in [6.07, 6.45) is 5.95. The molecule has 1 N–H and O–H groups in total. The van der Waals surface area contributed by atoms with Crippen molar-refractivity contribution in [3.63, 3.8) is 0 Å². The zero-order valence-electron chi connectivity index (χ0n) is 13.4. The normalized spacial score (nSPS) is 22.4. The number of hydrogen-bond acceptors (Lipinski definition) is 1. The molecule has 1 aliphatic rings. The molecule has 1 aromatic rings. The quantitative estimate of drug-likeness (QED) is 0.760. The maximum atomic E-state index is 13.3. The largest absolute Gasteiger partial charge is 0.313 e. The van der Waals surface area contributed by atoms with Gasteiger partial charge < -0.3 is 5.32 Å². The summed E-state index contributed by atoms with van der Waals surface area (Å²) in [7, 11) is 0. The van der Waals surface area contributed by atoms with Gasteiger partial charge in [-0.15, -0.1) is 0 Å². The van der Waals surface area contributed by atoms with Crippen LogP contribution < -0.4 is 5.32 Å². The summed E-state index contributed by atoms with van der Waals surface area (Å²) in [6.45, 7) is 7.98. The smallest absolute Gasteiger partial charge is 0.141 e. The van der Waals surface area contributed by atoms with E-state index in [1.807, 2.05) is 6.07 Å². The number of benzene rings is 1. The second-order valence-electron chi connectivity index (χ2n) is 7.00. The van der Waals surface area contributed by atoms with Crippen LogP contribution >= 0.6 is 11.6 Å². The summed E-state index contributed by atoms with van der Waals surface area (Å²) in [5.74, 6) is 0.340. The van der Waals surface area contributed by atoms with Crippen LogP contribution in [0.2, 0.25) is 5.02 Å². The van der Waals surface area contributed by atoms with E-state index in [1.54, 1.807) is 6.07 Å². The van der Waals surface area contributed by atoms with Gasteiger partial charge in [0, 0.05) is 6.04 Å². The van der Waals surface area contributed by atoms with E-state index in [0.717, 1.165) is 24.9 Å². The van der Waals surface area contributed by atoms with Crippen LogP contribution in [-0.4, -0.2) is 12.6 Å². The highest BCUT2D eigenvalue weighted by Crippen LogP contribution is 2.45. The van der Waals surface area contributed by atoms with Gasteiger partial charge in [0.2, 0.25) is 0 Å². The van der Waals surface area contributed by atoms with Gasteiger partial charge in [0.1, 0.15) is 5.82 Å². The maximum Gasteiger partial charge on any atom is 0.141 e. The first-order valence-electron chi connectivity index (χ1n) is 8.11. The Morgan fingerprint density at radius 2 is 2.19 bits per heavy atom. The van der Waals surface area contributed by atoms with Crippen LogP contribution in [0.1, 0.15) is 52.0 Å². The topological polar surface area (TPSA) is 12.0 Å². The molecule has 1 nitrogen and oxygen atoms in total. The van der Waals surface area contributed by atoms with Crippen LogP contribution in [0.25, 0.3) is 0 Å². The van der Waals surface area contributed by atoms with Gasteiger partial charge in [-0.1, -0.05) is 44.9 Å². The Bertz CT molecular complexity index is 472. The molecule has 1 aromatic carbocycles. The van der Waals surface area contributed by atoms with E-state index in [2.05, 4.69) is 26.1 Å². The summed E-state index contributed by atoms with van der Waals surface area (Å²) in [5.41, 5.74) is 1.51. The third-order valence-corrected chi connectivity index (χ3v) is 5.21. The Labute approximate surface area is 133 Å². The molecule has 0 bridgehead atoms. The Hall–Kier alpha value is -0.600. The Morgan fingerprint density at radius 3 is 2.76 bits per heavy atom. The summed E-state index contributed by atoms with van der Waals surface area (Å²) in [4.78, 5) is 0. The molecule has 0 amide bonds. The fourth-order valence-corrected chi connectivity index (χ4v) is 3.91. The van der Waals surface area contributed by atoms with E-state index in [0.29, 0.717) is 17.4 Å². The second kappa shape index (κ2) is 7.11. The van der Waals surface area contributed by atoms with E-state index >= 15 is 0 Å². The molecule has 0 aromatic heterocycles. The number of halogens is 2. The lowest BCUT2D eigenvalue weighted by Crippen LogP contribution is -2.42. The first kappa shape index (κ1) is 16.8. The molecule has 1 fully saturated rings. The molecule has 0 saturated heterocycles. The van der Waals surface area contributed by atoms with Crippen LogP contribution in [0.15, 0.2) is 18.2 Å². The zero-order chi connectivity index (χ0) is 15.5. The lowest BCUT2D eigenvalue weighted by atomic mass is 9.76. The molecule has 1 aliphatic carbocycles. The Kier molecular flexibility index (Phi) is 5.67. The fraction of sp³-hybridized carbons (Fsp3) is 0.667. The molecular formula is C18H27ClFN. The van der Waals surface area contributed by atoms with Gasteiger partial charge in [0.05, 0.1) is 5.02 Å². The second-order valence-corrected chi connectivity index (χ2v) is 7.41. The molecule has 2 unspecified atom stereocenters. The Balaban J connectivity index is 2.14. The summed E-state index contributed by atoms with van der Waals surface area (Å²) in [6, 6.07) is 5.57. The third kappa shape index (κ3) is 4.20. The first-order chi connectivity index (χ1) is 9.94. The van der Waals surface area contributed by atoms with E-state index in [4.69, 9.17) is 11.6 Å². The summed E-state index contributed by atoms with van der Waals surface area (Å²) < 4.78 is 13.3. The minimum absolute atomic E-state index is 0.229. The average molecular weight is 312 g/mol. The van der Waals surface area contributed by atoms with Crippen molar-refractivity contribution in [3.8, 4) is 0 Å². The van der Waals surface area contributed by atoms with Crippen molar-refractivity contribution < 1.29 is 4.39 Å². The molecule has 0 heterocycles. The molecule has 1 saturated carbocycles. The SMILES string of the molecule is CCCNC(Cc1ccc(F)c(Cl)c1)C1CCCC1(C)C. The lowest BCUT2D eigenvalue weighted by Gasteiger charge is -2.35. The van der Waals surface area contributed by atoms with Gasteiger partial charge in [0.15, 0.2) is 0 Å². The monoisotopic (exact) mass is 311 g/mol. The standard InChI is InChI=1S/C18H27ClFN/c1-4-10-21-17(14-6-5-9-18(14,2)3)12-13-7-8-16(20)15(19)11-13/h7-8,11,14,17,21H,4-6,9-10,12H2,1-3H3. The Morgan fingerprint density at radius 1 is 1.43 bits per heavy atom. The number of hydrogen-bond donors (Lipinski definition) is 1. The van der Waals surface area contributed by atoms with Crippen LogP contribution in [0.5, 0.6) is 0 Å². The van der Waals surface area contributed by atoms with Gasteiger partial charge >= 0.3 is 0 Å². The predicted octanol–water partition coefficient (Wildman–Crippen LogP) is 5.22. The summed E-state index contributed by atoms with van der Waals surface area (Å²) >= 11 is 5.92. The van der Waals surface area contributed by atoms with Gasteiger partial charge in [-0.25, -0.2) is 4.39 Å². The van der Waals surface area contributed by atoms with Crippen molar-refractivity contribution in [2.24, 2.45) is 11.3 Å². The molecule has 3 heteroatoms. The van der Waals surface area contributed by atoms with Gasteiger partial charge in [-0.05, 0) is 61.3 Å². The predicted molar refractivity (Wildman–Crippen MR) is 88.3 cm³/mol. The van der Waals surface area contributed by atoms with Gasteiger partial charge in [-0.3, -0.25) is 0 Å². The van der Waals surface area contributed by atoms with Crippen molar-refractivity contribution in [3.05, 3.63) is 34.6 Å². The number of nitrogens with one attached hydrogen (secondary N) is 1. The lowest BCUT2D eigenvalue weighted by molar-refractivity contribution is 0.195. The minimum Gasteiger partial charge on any atom is -0.313 e. The molecule has 0 spiro atoms. The van der Waals surface area contributed by atoms with Crippen LogP contribution in [0, 0.1) is 17.2 Å². The van der Waals surface area contributed by atoms with Crippen molar-refractivity contribution in [2.45, 2.75) is 58.9 Å². The van der Waals surface area contributed by atoms with E-state index in [-0.39, 0.29) is 10.8 Å². The van der Waals surface area contributed by atoms with Crippen LogP contribution in [0.3, 0.4) is 0 Å². The highest BCUT2D eigenvalue weighted by Gasteiger charge is 2.39. The van der Waals surface area contributed by atoms with Crippen molar-refractivity contribution in [2.75, 3.05) is 6.54 Å². The van der Waals surface area contributed by atoms with E-state index in [1.165, 1.54) is 25.3 Å². The first-order valence-corrected chi connectivity index (χ1v) is 8.49. The van der Waals surface area contributed by atoms with E-state index < -0.39 is 0 Å². The molecule has 0 radical (unpaired) electrons. The molecular weight excluding hydrogens is 285 g/mol. The minimum atomic E-state index is -0.334. The van der Waals surface area contributed by atoms with Crippen molar-refractivity contribution >= 4 is 11.6 Å². The highest BCUT2D eigenvalue weighted by atomic mass is 35.5. The molecule has 118 valence electrons. The molecule has 0 aliphatic heterocycles. The van der Waals surface area contributed by atoms with Crippen molar-refractivity contribution in [1.29, 1.82) is 0 Å². The zero-order valence-corrected chi connectivity index (χ0v) is 14.1. The number of rotatable bonds is 6. The van der Waals surface area contributed by atoms with Crippen molar-refractivity contribution in [1.82, 2.24) is 5.32 Å². The average Bonchev–Trinajstić information content (AvgIpc) is 2.78. The fourth-order valence-electron chi connectivity index (χ4n) is 3.71. The van der Waals surface area contributed by atoms with Crippen LogP contribution in [-0.2, 0) is 6.42 Å². The van der Waals surface area contributed by atoms with Gasteiger partial charge in [-0.2, -0.15) is 0 Å². The molecule has 2 atom stereocenters. The summed E-state index contributed by atoms with van der Waals surface area (Å²) in [5, 5.41) is 3.94. The molecule has 21 heavy (non-hydrogen) atoms. The third-order valence-electron chi connectivity index (χ3n) is 4.92. The van der Waals surface area contributed by atoms with E-state index in [9.17, 15) is 4.39 Å².